The number of rotatable bonds is 2. The number of carbonyl (C=O) groups is 1. The lowest BCUT2D eigenvalue weighted by Crippen LogP contribution is -2.22. The summed E-state index contributed by atoms with van der Waals surface area (Å²) in [4.78, 5) is 26.9. The molecule has 0 bridgehead atoms. The van der Waals surface area contributed by atoms with Crippen molar-refractivity contribution in [2.45, 2.75) is 13.8 Å². The van der Waals surface area contributed by atoms with Crippen molar-refractivity contribution in [3.05, 3.63) is 75.7 Å². The van der Waals surface area contributed by atoms with Crippen molar-refractivity contribution in [3.63, 3.8) is 0 Å². The number of aromatic amines is 1. The van der Waals surface area contributed by atoms with Crippen molar-refractivity contribution in [2.75, 3.05) is 0 Å². The van der Waals surface area contributed by atoms with Gasteiger partial charge in [0.1, 0.15) is 0 Å². The summed E-state index contributed by atoms with van der Waals surface area (Å²) in [5.41, 5.74) is 4.12. The number of para-hydroxylation sites is 2. The molecule has 3 rings (SSSR count). The summed E-state index contributed by atoms with van der Waals surface area (Å²) < 4.78 is 1.15. The number of nitrogens with one attached hydrogen (secondary N) is 1. The smallest absolute Gasteiger partial charge is 0.305 e. The summed E-state index contributed by atoms with van der Waals surface area (Å²) in [5, 5.41) is 0. The third kappa shape index (κ3) is 2.51. The summed E-state index contributed by atoms with van der Waals surface area (Å²) in [6.07, 6.45) is 3.15. The molecule has 4 nitrogen and oxygen atoms in total. The number of hydrogen-bond acceptors (Lipinski definition) is 2. The molecule has 1 aromatic heterocycles. The molecule has 0 aliphatic carbocycles. The van der Waals surface area contributed by atoms with Crippen LogP contribution in [0, 0.1) is 13.8 Å². The molecule has 1 N–H and O–H groups in total. The first-order valence-electron chi connectivity index (χ1n) is 7.06. The average Bonchev–Trinajstić information content (AvgIpc) is 2.84. The largest absolute Gasteiger partial charge is 0.333 e. The Morgan fingerprint density at radius 3 is 2.64 bits per heavy atom. The maximum absolute atomic E-state index is 12.3. The predicted octanol–water partition coefficient (Wildman–Crippen LogP) is 3.30. The van der Waals surface area contributed by atoms with Crippen LogP contribution >= 0.6 is 0 Å². The van der Waals surface area contributed by atoms with Crippen molar-refractivity contribution in [3.8, 4) is 0 Å². The number of aromatic nitrogens is 2. The molecule has 110 valence electrons. The van der Waals surface area contributed by atoms with E-state index in [0.29, 0.717) is 11.0 Å². The standard InChI is InChI=1S/C18H16N2O2/c1-12-7-8-14(11-13(12)2)9-10-17(21)20-16-6-4-3-5-15(16)19-18(20)22/h3-11H,1-2H3,(H,19,22)/b10-9+. The molecule has 0 saturated heterocycles. The van der Waals surface area contributed by atoms with Crippen LogP contribution in [-0.2, 0) is 0 Å². The molecule has 0 radical (unpaired) electrons. The highest BCUT2D eigenvalue weighted by Gasteiger charge is 2.10. The molecular weight excluding hydrogens is 276 g/mol. The third-order valence-corrected chi connectivity index (χ3v) is 3.76. The van der Waals surface area contributed by atoms with Crippen molar-refractivity contribution in [1.29, 1.82) is 0 Å². The lowest BCUT2D eigenvalue weighted by atomic mass is 10.1. The molecule has 4 heteroatoms. The van der Waals surface area contributed by atoms with Gasteiger partial charge < -0.3 is 4.98 Å². The van der Waals surface area contributed by atoms with E-state index in [0.717, 1.165) is 10.1 Å². The zero-order chi connectivity index (χ0) is 15.7. The summed E-state index contributed by atoms with van der Waals surface area (Å²) in [5.74, 6) is -0.360. The molecule has 3 aromatic rings. The van der Waals surface area contributed by atoms with Crippen molar-refractivity contribution < 1.29 is 4.79 Å². The Hall–Kier alpha value is -2.88. The second kappa shape index (κ2) is 5.48. The molecule has 22 heavy (non-hydrogen) atoms. The highest BCUT2D eigenvalue weighted by molar-refractivity contribution is 5.99. The summed E-state index contributed by atoms with van der Waals surface area (Å²) in [6.45, 7) is 4.07. The Labute approximate surface area is 127 Å². The zero-order valence-electron chi connectivity index (χ0n) is 12.5. The van der Waals surface area contributed by atoms with Crippen LogP contribution in [-0.4, -0.2) is 15.5 Å². The summed E-state index contributed by atoms with van der Waals surface area (Å²) in [7, 11) is 0. The fourth-order valence-corrected chi connectivity index (χ4v) is 2.38. The van der Waals surface area contributed by atoms with E-state index in [-0.39, 0.29) is 5.91 Å². The van der Waals surface area contributed by atoms with Gasteiger partial charge in [0.15, 0.2) is 0 Å². The first kappa shape index (κ1) is 14.1. The lowest BCUT2D eigenvalue weighted by molar-refractivity contribution is 0.0971. The van der Waals surface area contributed by atoms with Crippen LogP contribution in [0.5, 0.6) is 0 Å². The number of fused-ring (bicyclic) bond motifs is 1. The third-order valence-electron chi connectivity index (χ3n) is 3.76. The van der Waals surface area contributed by atoms with E-state index in [1.165, 1.54) is 17.2 Å². The van der Waals surface area contributed by atoms with Gasteiger partial charge in [-0.2, -0.15) is 0 Å². The Morgan fingerprint density at radius 1 is 1.09 bits per heavy atom. The molecule has 0 aliphatic rings. The molecule has 0 saturated carbocycles. The lowest BCUT2D eigenvalue weighted by Gasteiger charge is -2.01. The van der Waals surface area contributed by atoms with Crippen LogP contribution < -0.4 is 5.69 Å². The number of nitrogens with zero attached hydrogens (tertiary/aromatic N) is 1. The number of carbonyl (C=O) groups excluding carboxylic acids is 1. The van der Waals surface area contributed by atoms with Gasteiger partial charge >= 0.3 is 5.69 Å². The molecule has 1 heterocycles. The summed E-state index contributed by atoms with van der Waals surface area (Å²) in [6, 6.07) is 13.1. The van der Waals surface area contributed by atoms with Gasteiger partial charge in [-0.3, -0.25) is 4.79 Å². The number of benzene rings is 2. The van der Waals surface area contributed by atoms with Crippen LogP contribution in [0.15, 0.2) is 53.3 Å². The maximum atomic E-state index is 12.3. The van der Waals surface area contributed by atoms with Gasteiger partial charge in [-0.15, -0.1) is 0 Å². The average molecular weight is 292 g/mol. The van der Waals surface area contributed by atoms with Gasteiger partial charge in [0.2, 0.25) is 0 Å². The zero-order valence-corrected chi connectivity index (χ0v) is 12.5. The molecule has 0 atom stereocenters. The van der Waals surface area contributed by atoms with E-state index in [1.54, 1.807) is 24.3 Å². The van der Waals surface area contributed by atoms with Gasteiger partial charge in [0.05, 0.1) is 11.0 Å². The van der Waals surface area contributed by atoms with E-state index in [1.807, 2.05) is 38.1 Å². The topological polar surface area (TPSA) is 54.9 Å². The van der Waals surface area contributed by atoms with E-state index in [2.05, 4.69) is 4.98 Å². The molecule has 0 amide bonds. The minimum absolute atomic E-state index is 0.360. The normalized spacial score (nSPS) is 11.4. The van der Waals surface area contributed by atoms with E-state index in [9.17, 15) is 9.59 Å². The molecule has 0 aliphatic heterocycles. The Bertz CT molecular complexity index is 945. The minimum atomic E-state index is -0.420. The SMILES string of the molecule is Cc1ccc(/C=C/C(=O)n2c(=O)[nH]c3ccccc32)cc1C. The fraction of sp³-hybridized carbons (Fsp3) is 0.111. The van der Waals surface area contributed by atoms with Gasteiger partial charge in [0.25, 0.3) is 5.91 Å². The number of imidazole rings is 1. The van der Waals surface area contributed by atoms with E-state index < -0.39 is 5.69 Å². The number of H-pyrrole nitrogens is 1. The highest BCUT2D eigenvalue weighted by atomic mass is 16.2. The molecule has 0 unspecified atom stereocenters. The Morgan fingerprint density at radius 2 is 1.86 bits per heavy atom. The van der Waals surface area contributed by atoms with Crippen LogP contribution in [0.2, 0.25) is 0 Å². The second-order valence-corrected chi connectivity index (χ2v) is 5.30. The highest BCUT2D eigenvalue weighted by Crippen LogP contribution is 2.12. The van der Waals surface area contributed by atoms with Gasteiger partial charge in [-0.05, 0) is 48.7 Å². The van der Waals surface area contributed by atoms with Gasteiger partial charge in [-0.25, -0.2) is 9.36 Å². The van der Waals surface area contributed by atoms with E-state index >= 15 is 0 Å². The molecule has 2 aromatic carbocycles. The number of hydrogen-bond donors (Lipinski definition) is 1. The monoisotopic (exact) mass is 292 g/mol. The van der Waals surface area contributed by atoms with Crippen molar-refractivity contribution in [1.82, 2.24) is 9.55 Å². The van der Waals surface area contributed by atoms with Crippen molar-refractivity contribution in [2.24, 2.45) is 0 Å². The Kier molecular flexibility index (Phi) is 3.51. The van der Waals surface area contributed by atoms with Crippen molar-refractivity contribution >= 4 is 23.0 Å². The minimum Gasteiger partial charge on any atom is -0.305 e. The van der Waals surface area contributed by atoms with Crippen LogP contribution in [0.3, 0.4) is 0 Å². The molecule has 0 fully saturated rings. The van der Waals surface area contributed by atoms with Crippen LogP contribution in [0.1, 0.15) is 21.5 Å². The van der Waals surface area contributed by atoms with Crippen LogP contribution in [0.4, 0.5) is 0 Å². The number of aryl methyl sites for hydroxylation is 2. The van der Waals surface area contributed by atoms with Gasteiger partial charge in [0, 0.05) is 6.08 Å². The van der Waals surface area contributed by atoms with Gasteiger partial charge in [-0.1, -0.05) is 30.3 Å². The summed E-state index contributed by atoms with van der Waals surface area (Å²) >= 11 is 0. The first-order chi connectivity index (χ1) is 10.6. The fourth-order valence-electron chi connectivity index (χ4n) is 2.38. The van der Waals surface area contributed by atoms with E-state index in [4.69, 9.17) is 0 Å². The Balaban J connectivity index is 1.96. The predicted molar refractivity (Wildman–Crippen MR) is 88.1 cm³/mol. The molecule has 0 spiro atoms. The maximum Gasteiger partial charge on any atom is 0.333 e. The second-order valence-electron chi connectivity index (χ2n) is 5.30. The first-order valence-corrected chi connectivity index (χ1v) is 7.06. The quantitative estimate of drug-likeness (QED) is 0.737. The van der Waals surface area contributed by atoms with Crippen LogP contribution in [0.25, 0.3) is 17.1 Å². The molecular formula is C18H16N2O2. The number of allylic oxidation sites excluding steroid dienone is 1.